The van der Waals surface area contributed by atoms with Gasteiger partial charge in [-0.2, -0.15) is 0 Å². The number of hydrogen-bond donors (Lipinski definition) is 0. The van der Waals surface area contributed by atoms with Gasteiger partial charge in [0.05, 0.1) is 6.10 Å². The molecule has 0 saturated carbocycles. The Morgan fingerprint density at radius 3 is 2.46 bits per heavy atom. The predicted molar refractivity (Wildman–Crippen MR) is 60.4 cm³/mol. The van der Waals surface area contributed by atoms with E-state index in [2.05, 4.69) is 39.6 Å². The Hall–Kier alpha value is -0.0831. The van der Waals surface area contributed by atoms with Gasteiger partial charge < -0.3 is 4.43 Å². The first-order valence-corrected chi connectivity index (χ1v) is 8.71. The Bertz CT molecular complexity index is 203. The maximum atomic E-state index is 6.06. The maximum absolute atomic E-state index is 6.06. The summed E-state index contributed by atoms with van der Waals surface area (Å²) < 4.78 is 6.06. The van der Waals surface area contributed by atoms with Crippen LogP contribution >= 0.6 is 0 Å². The highest BCUT2D eigenvalue weighted by Crippen LogP contribution is 2.30. The molecule has 0 aromatic carbocycles. The van der Waals surface area contributed by atoms with Gasteiger partial charge in [-0.15, -0.1) is 0 Å². The SMILES string of the molecule is CCC1=C[C@H](O[Si](C)(C)C)C[C@@H]1C. The van der Waals surface area contributed by atoms with Gasteiger partial charge in [0, 0.05) is 0 Å². The van der Waals surface area contributed by atoms with E-state index in [1.54, 1.807) is 5.57 Å². The topological polar surface area (TPSA) is 9.23 Å². The lowest BCUT2D eigenvalue weighted by Gasteiger charge is -2.22. The molecule has 0 unspecified atom stereocenters. The van der Waals surface area contributed by atoms with Crippen molar-refractivity contribution in [3.8, 4) is 0 Å². The molecular formula is C11H22OSi. The van der Waals surface area contributed by atoms with E-state index in [9.17, 15) is 0 Å². The van der Waals surface area contributed by atoms with Crippen molar-refractivity contribution in [2.75, 3.05) is 0 Å². The minimum atomic E-state index is -1.34. The summed E-state index contributed by atoms with van der Waals surface area (Å²) in [6.07, 6.45) is 5.15. The zero-order chi connectivity index (χ0) is 10.1. The van der Waals surface area contributed by atoms with E-state index in [0.717, 1.165) is 5.92 Å². The van der Waals surface area contributed by atoms with Crippen molar-refractivity contribution in [2.45, 2.75) is 52.4 Å². The van der Waals surface area contributed by atoms with Gasteiger partial charge >= 0.3 is 0 Å². The van der Waals surface area contributed by atoms with Crippen LogP contribution in [-0.4, -0.2) is 14.4 Å². The van der Waals surface area contributed by atoms with E-state index in [-0.39, 0.29) is 0 Å². The fraction of sp³-hybridized carbons (Fsp3) is 0.818. The molecule has 0 aromatic heterocycles. The van der Waals surface area contributed by atoms with Gasteiger partial charge in [0.25, 0.3) is 0 Å². The van der Waals surface area contributed by atoms with Crippen LogP contribution in [-0.2, 0) is 4.43 Å². The molecule has 0 bridgehead atoms. The second-order valence-electron chi connectivity index (χ2n) is 5.00. The molecule has 0 aliphatic heterocycles. The molecular weight excluding hydrogens is 176 g/mol. The summed E-state index contributed by atoms with van der Waals surface area (Å²) >= 11 is 0. The molecule has 2 atom stereocenters. The molecule has 0 aromatic rings. The van der Waals surface area contributed by atoms with E-state index >= 15 is 0 Å². The highest BCUT2D eigenvalue weighted by atomic mass is 28.4. The van der Waals surface area contributed by atoms with Gasteiger partial charge in [-0.3, -0.25) is 0 Å². The molecule has 0 amide bonds. The van der Waals surface area contributed by atoms with Crippen LogP contribution in [0.5, 0.6) is 0 Å². The third-order valence-corrected chi connectivity index (χ3v) is 3.54. The quantitative estimate of drug-likeness (QED) is 0.497. The summed E-state index contributed by atoms with van der Waals surface area (Å²) in [7, 11) is -1.34. The van der Waals surface area contributed by atoms with Crippen LogP contribution in [0.4, 0.5) is 0 Å². The van der Waals surface area contributed by atoms with Gasteiger partial charge in [-0.05, 0) is 38.4 Å². The molecule has 2 heteroatoms. The normalized spacial score (nSPS) is 29.2. The molecule has 1 aliphatic rings. The predicted octanol–water partition coefficient (Wildman–Crippen LogP) is 3.58. The van der Waals surface area contributed by atoms with E-state index in [0.29, 0.717) is 6.10 Å². The standard InChI is InChI=1S/C11H22OSi/c1-6-10-8-11(7-9(10)2)12-13(3,4)5/h8-9,11H,6-7H2,1-5H3/t9-,11+/m0/s1. The fourth-order valence-corrected chi connectivity index (χ4v) is 3.05. The molecule has 1 aliphatic carbocycles. The smallest absolute Gasteiger partial charge is 0.184 e. The average Bonchev–Trinajstić information content (AvgIpc) is 2.26. The monoisotopic (exact) mass is 198 g/mol. The first-order chi connectivity index (χ1) is 5.92. The number of rotatable bonds is 3. The second-order valence-corrected chi connectivity index (χ2v) is 9.46. The fourth-order valence-electron chi connectivity index (χ4n) is 1.97. The molecule has 13 heavy (non-hydrogen) atoms. The van der Waals surface area contributed by atoms with Crippen LogP contribution in [0.25, 0.3) is 0 Å². The number of allylic oxidation sites excluding steroid dienone is 1. The van der Waals surface area contributed by atoms with E-state index in [4.69, 9.17) is 4.43 Å². The van der Waals surface area contributed by atoms with Crippen LogP contribution < -0.4 is 0 Å². The summed E-state index contributed by atoms with van der Waals surface area (Å²) in [5.74, 6) is 0.742. The summed E-state index contributed by atoms with van der Waals surface area (Å²) in [5.41, 5.74) is 1.59. The largest absolute Gasteiger partial charge is 0.411 e. The Labute approximate surface area is 83.3 Å². The van der Waals surface area contributed by atoms with E-state index < -0.39 is 8.32 Å². The lowest BCUT2D eigenvalue weighted by Crippen LogP contribution is -2.30. The van der Waals surface area contributed by atoms with Gasteiger partial charge in [-0.1, -0.05) is 25.5 Å². The summed E-state index contributed by atoms with van der Waals surface area (Å²) in [6.45, 7) is 11.3. The van der Waals surface area contributed by atoms with Crippen LogP contribution in [0.15, 0.2) is 11.6 Å². The van der Waals surface area contributed by atoms with Crippen molar-refractivity contribution in [1.82, 2.24) is 0 Å². The van der Waals surface area contributed by atoms with Crippen LogP contribution in [0, 0.1) is 5.92 Å². The first kappa shape index (κ1) is 11.0. The molecule has 1 nitrogen and oxygen atoms in total. The molecule has 76 valence electrons. The van der Waals surface area contributed by atoms with Gasteiger partial charge in [0.15, 0.2) is 8.32 Å². The van der Waals surface area contributed by atoms with Gasteiger partial charge in [0.2, 0.25) is 0 Å². The highest BCUT2D eigenvalue weighted by molar-refractivity contribution is 6.69. The van der Waals surface area contributed by atoms with Crippen molar-refractivity contribution in [1.29, 1.82) is 0 Å². The van der Waals surface area contributed by atoms with Gasteiger partial charge in [0.1, 0.15) is 0 Å². The third kappa shape index (κ3) is 3.28. The summed E-state index contributed by atoms with van der Waals surface area (Å²) in [6, 6.07) is 0. The molecule has 0 saturated heterocycles. The Kier molecular flexibility index (Phi) is 3.36. The minimum Gasteiger partial charge on any atom is -0.411 e. The lowest BCUT2D eigenvalue weighted by atomic mass is 10.0. The van der Waals surface area contributed by atoms with E-state index in [1.807, 2.05) is 0 Å². The van der Waals surface area contributed by atoms with Gasteiger partial charge in [-0.25, -0.2) is 0 Å². The maximum Gasteiger partial charge on any atom is 0.184 e. The zero-order valence-electron chi connectivity index (χ0n) is 9.55. The van der Waals surface area contributed by atoms with E-state index in [1.165, 1.54) is 12.8 Å². The Morgan fingerprint density at radius 2 is 2.08 bits per heavy atom. The lowest BCUT2D eigenvalue weighted by molar-refractivity contribution is 0.230. The summed E-state index contributed by atoms with van der Waals surface area (Å²) in [4.78, 5) is 0. The Morgan fingerprint density at radius 1 is 1.46 bits per heavy atom. The van der Waals surface area contributed by atoms with Crippen molar-refractivity contribution >= 4 is 8.32 Å². The van der Waals surface area contributed by atoms with Crippen LogP contribution in [0.3, 0.4) is 0 Å². The third-order valence-electron chi connectivity index (χ3n) is 2.53. The van der Waals surface area contributed by atoms with Crippen LogP contribution in [0.1, 0.15) is 26.7 Å². The highest BCUT2D eigenvalue weighted by Gasteiger charge is 2.26. The zero-order valence-corrected chi connectivity index (χ0v) is 10.6. The molecule has 1 rings (SSSR count). The van der Waals surface area contributed by atoms with Crippen molar-refractivity contribution in [3.63, 3.8) is 0 Å². The molecule has 0 N–H and O–H groups in total. The summed E-state index contributed by atoms with van der Waals surface area (Å²) in [5, 5.41) is 0. The van der Waals surface area contributed by atoms with Crippen molar-refractivity contribution in [3.05, 3.63) is 11.6 Å². The minimum absolute atomic E-state index is 0.414. The second kappa shape index (κ2) is 3.97. The Balaban J connectivity index is 2.53. The first-order valence-electron chi connectivity index (χ1n) is 5.31. The molecule has 0 heterocycles. The number of hydrogen-bond acceptors (Lipinski definition) is 1. The van der Waals surface area contributed by atoms with Crippen molar-refractivity contribution < 1.29 is 4.43 Å². The average molecular weight is 198 g/mol. The van der Waals surface area contributed by atoms with Crippen LogP contribution in [0.2, 0.25) is 19.6 Å². The molecule has 0 fully saturated rings. The molecule has 0 radical (unpaired) electrons. The van der Waals surface area contributed by atoms with Crippen molar-refractivity contribution in [2.24, 2.45) is 5.92 Å². The molecule has 0 spiro atoms.